The molecule has 2 aromatic carbocycles. The molecule has 0 aliphatic heterocycles. The highest BCUT2D eigenvalue weighted by atomic mass is 16.5. The summed E-state index contributed by atoms with van der Waals surface area (Å²) in [7, 11) is 1.58. The fourth-order valence-corrected chi connectivity index (χ4v) is 2.46. The zero-order valence-corrected chi connectivity index (χ0v) is 15.0. The van der Waals surface area contributed by atoms with Crippen LogP contribution in [0.3, 0.4) is 0 Å². The average Bonchev–Trinajstić information content (AvgIpc) is 3.04. The molecule has 0 saturated heterocycles. The Morgan fingerprint density at radius 3 is 2.68 bits per heavy atom. The van der Waals surface area contributed by atoms with Crippen molar-refractivity contribution in [1.82, 2.24) is 10.3 Å². The Morgan fingerprint density at radius 1 is 1.18 bits per heavy atom. The van der Waals surface area contributed by atoms with E-state index in [2.05, 4.69) is 20.5 Å². The van der Waals surface area contributed by atoms with Crippen molar-refractivity contribution >= 4 is 34.5 Å². The van der Waals surface area contributed by atoms with Gasteiger partial charge in [0.15, 0.2) is 5.69 Å². The maximum Gasteiger partial charge on any atom is 0.283 e. The molecule has 8 heteroatoms. The predicted octanol–water partition coefficient (Wildman–Crippen LogP) is 3.32. The average molecular weight is 378 g/mol. The van der Waals surface area contributed by atoms with Gasteiger partial charge in [0.1, 0.15) is 12.3 Å². The molecule has 3 rings (SSSR count). The molecule has 3 N–H and O–H groups in total. The second kappa shape index (κ2) is 8.63. The van der Waals surface area contributed by atoms with Crippen LogP contribution in [-0.2, 0) is 9.59 Å². The number of benzene rings is 2. The Balaban J connectivity index is 1.54. The summed E-state index contributed by atoms with van der Waals surface area (Å²) < 4.78 is 5.06. The fourth-order valence-electron chi connectivity index (χ4n) is 2.46. The lowest BCUT2D eigenvalue weighted by atomic mass is 10.2. The molecule has 28 heavy (non-hydrogen) atoms. The third-order valence-electron chi connectivity index (χ3n) is 3.88. The predicted molar refractivity (Wildman–Crippen MR) is 105 cm³/mol. The Kier molecular flexibility index (Phi) is 5.81. The van der Waals surface area contributed by atoms with Crippen LogP contribution in [0.25, 0.3) is 17.0 Å². The SMILES string of the molecule is COc1ccc(/C=C/C(=O)NCC(=O)N=Nc2c(O)[nH]c3ccccc23)cc1. The van der Waals surface area contributed by atoms with Gasteiger partial charge in [-0.25, -0.2) is 0 Å². The molecular formula is C20H18N4O4. The van der Waals surface area contributed by atoms with Crippen molar-refractivity contribution in [2.45, 2.75) is 0 Å². The standard InChI is InChI=1S/C20H18N4O4/c1-28-14-9-6-13(7-10-14)8-11-17(25)21-12-18(26)23-24-19-15-4-2-3-5-16(15)22-20(19)27/h2-11,22,27H,12H2,1H3,(H,21,25)/b11-8+,24-23?. The van der Waals surface area contributed by atoms with Crippen LogP contribution in [0.4, 0.5) is 5.69 Å². The zero-order chi connectivity index (χ0) is 19.9. The first kappa shape index (κ1) is 18.8. The van der Waals surface area contributed by atoms with Crippen molar-refractivity contribution in [1.29, 1.82) is 0 Å². The van der Waals surface area contributed by atoms with Crippen LogP contribution in [0.2, 0.25) is 0 Å². The van der Waals surface area contributed by atoms with Crippen LogP contribution >= 0.6 is 0 Å². The number of amides is 2. The lowest BCUT2D eigenvalue weighted by Gasteiger charge is -1.99. The van der Waals surface area contributed by atoms with Gasteiger partial charge < -0.3 is 20.1 Å². The summed E-state index contributed by atoms with van der Waals surface area (Å²) in [5.74, 6) is -0.534. The van der Waals surface area contributed by atoms with Crippen LogP contribution in [0.5, 0.6) is 11.6 Å². The van der Waals surface area contributed by atoms with Gasteiger partial charge in [0, 0.05) is 11.5 Å². The normalized spacial score (nSPS) is 11.3. The van der Waals surface area contributed by atoms with E-state index in [1.165, 1.54) is 6.08 Å². The number of para-hydroxylation sites is 1. The Morgan fingerprint density at radius 2 is 1.93 bits per heavy atom. The Labute approximate surface area is 160 Å². The van der Waals surface area contributed by atoms with E-state index in [1.54, 1.807) is 61.7 Å². The number of ether oxygens (including phenoxy) is 1. The van der Waals surface area contributed by atoms with Gasteiger partial charge in [-0.3, -0.25) is 9.59 Å². The van der Waals surface area contributed by atoms with Crippen molar-refractivity contribution in [2.24, 2.45) is 10.2 Å². The molecule has 0 aliphatic carbocycles. The van der Waals surface area contributed by atoms with E-state index in [-0.39, 0.29) is 18.1 Å². The van der Waals surface area contributed by atoms with Gasteiger partial charge in [-0.05, 0) is 29.8 Å². The molecule has 0 spiro atoms. The third-order valence-corrected chi connectivity index (χ3v) is 3.88. The lowest BCUT2D eigenvalue weighted by molar-refractivity contribution is -0.122. The summed E-state index contributed by atoms with van der Waals surface area (Å²) in [6, 6.07) is 14.3. The van der Waals surface area contributed by atoms with Gasteiger partial charge in [0.2, 0.25) is 11.8 Å². The van der Waals surface area contributed by atoms with Crippen LogP contribution in [0.15, 0.2) is 64.8 Å². The number of rotatable bonds is 6. The molecule has 0 unspecified atom stereocenters. The Hall–Kier alpha value is -3.94. The van der Waals surface area contributed by atoms with Crippen LogP contribution < -0.4 is 10.1 Å². The van der Waals surface area contributed by atoms with E-state index >= 15 is 0 Å². The topological polar surface area (TPSA) is 116 Å². The lowest BCUT2D eigenvalue weighted by Crippen LogP contribution is -2.26. The van der Waals surface area contributed by atoms with Crippen LogP contribution in [0, 0.1) is 0 Å². The monoisotopic (exact) mass is 378 g/mol. The number of fused-ring (bicyclic) bond motifs is 1. The highest BCUT2D eigenvalue weighted by Gasteiger charge is 2.10. The molecule has 1 heterocycles. The highest BCUT2D eigenvalue weighted by molar-refractivity contribution is 5.95. The van der Waals surface area contributed by atoms with E-state index in [1.807, 2.05) is 0 Å². The zero-order valence-electron chi connectivity index (χ0n) is 15.0. The summed E-state index contributed by atoms with van der Waals surface area (Å²) >= 11 is 0. The number of aromatic amines is 1. The molecule has 0 radical (unpaired) electrons. The summed E-state index contributed by atoms with van der Waals surface area (Å²) in [6.45, 7) is -0.307. The van der Waals surface area contributed by atoms with Crippen molar-refractivity contribution in [3.8, 4) is 11.6 Å². The second-order valence-electron chi connectivity index (χ2n) is 5.79. The van der Waals surface area contributed by atoms with E-state index in [9.17, 15) is 14.7 Å². The minimum absolute atomic E-state index is 0.176. The number of nitrogens with zero attached hydrogens (tertiary/aromatic N) is 2. The number of H-pyrrole nitrogens is 1. The van der Waals surface area contributed by atoms with Crippen molar-refractivity contribution in [3.63, 3.8) is 0 Å². The van der Waals surface area contributed by atoms with Crippen molar-refractivity contribution < 1.29 is 19.4 Å². The molecule has 0 aliphatic rings. The van der Waals surface area contributed by atoms with Gasteiger partial charge in [0.05, 0.1) is 12.6 Å². The fraction of sp³-hybridized carbons (Fsp3) is 0.100. The number of aromatic nitrogens is 1. The van der Waals surface area contributed by atoms with Gasteiger partial charge in [-0.15, -0.1) is 10.2 Å². The molecule has 142 valence electrons. The smallest absolute Gasteiger partial charge is 0.283 e. The molecule has 8 nitrogen and oxygen atoms in total. The number of aromatic hydroxyl groups is 1. The summed E-state index contributed by atoms with van der Waals surface area (Å²) in [6.07, 6.45) is 2.93. The van der Waals surface area contributed by atoms with E-state index in [0.29, 0.717) is 10.9 Å². The number of azo groups is 1. The van der Waals surface area contributed by atoms with E-state index < -0.39 is 11.8 Å². The number of carbonyl (C=O) groups is 2. The molecule has 0 saturated carbocycles. The molecule has 0 bridgehead atoms. The third kappa shape index (κ3) is 4.61. The number of carbonyl (C=O) groups excluding carboxylic acids is 2. The van der Waals surface area contributed by atoms with Gasteiger partial charge in [0.25, 0.3) is 5.91 Å². The summed E-state index contributed by atoms with van der Waals surface area (Å²) in [5, 5.41) is 20.3. The Bertz CT molecular complexity index is 1050. The maximum absolute atomic E-state index is 11.8. The van der Waals surface area contributed by atoms with Crippen LogP contribution in [0.1, 0.15) is 5.56 Å². The number of nitrogens with one attached hydrogen (secondary N) is 2. The first-order valence-electron chi connectivity index (χ1n) is 8.41. The van der Waals surface area contributed by atoms with Crippen molar-refractivity contribution in [2.75, 3.05) is 13.7 Å². The molecule has 3 aromatic rings. The summed E-state index contributed by atoms with van der Waals surface area (Å²) in [4.78, 5) is 26.4. The first-order chi connectivity index (χ1) is 13.6. The van der Waals surface area contributed by atoms with Crippen molar-refractivity contribution in [3.05, 3.63) is 60.2 Å². The number of hydrogen-bond acceptors (Lipinski definition) is 5. The quantitative estimate of drug-likeness (QED) is 0.451. The second-order valence-corrected chi connectivity index (χ2v) is 5.79. The summed E-state index contributed by atoms with van der Waals surface area (Å²) in [5.41, 5.74) is 1.67. The highest BCUT2D eigenvalue weighted by Crippen LogP contribution is 2.35. The maximum atomic E-state index is 11.8. The van der Waals surface area contributed by atoms with Gasteiger partial charge in [-0.2, -0.15) is 0 Å². The number of hydrogen-bond donors (Lipinski definition) is 3. The first-order valence-corrected chi connectivity index (χ1v) is 8.41. The largest absolute Gasteiger partial charge is 0.497 e. The van der Waals surface area contributed by atoms with E-state index in [0.717, 1.165) is 11.3 Å². The minimum atomic E-state index is -0.643. The molecular weight excluding hydrogens is 360 g/mol. The molecule has 0 fully saturated rings. The molecule has 0 atom stereocenters. The number of methoxy groups -OCH3 is 1. The van der Waals surface area contributed by atoms with E-state index in [4.69, 9.17) is 4.74 Å². The van der Waals surface area contributed by atoms with Gasteiger partial charge in [-0.1, -0.05) is 30.3 Å². The molecule has 2 amide bonds. The van der Waals surface area contributed by atoms with Gasteiger partial charge >= 0.3 is 0 Å². The molecule has 1 aromatic heterocycles. The van der Waals surface area contributed by atoms with Crippen LogP contribution in [-0.4, -0.2) is 35.6 Å². The minimum Gasteiger partial charge on any atom is -0.497 e.